The Hall–Kier alpha value is -2.61. The van der Waals surface area contributed by atoms with Crippen molar-refractivity contribution in [1.82, 2.24) is 10.6 Å². The van der Waals surface area contributed by atoms with Crippen LogP contribution < -0.4 is 10.6 Å². The van der Waals surface area contributed by atoms with E-state index >= 15 is 0 Å². The summed E-state index contributed by atoms with van der Waals surface area (Å²) < 4.78 is 44.7. The predicted octanol–water partition coefficient (Wildman–Crippen LogP) is 3.96. The van der Waals surface area contributed by atoms with Crippen molar-refractivity contribution in [3.8, 4) is 0 Å². The van der Waals surface area contributed by atoms with Gasteiger partial charge in [-0.2, -0.15) is 13.2 Å². The largest absolute Gasteiger partial charge is 0.416 e. The van der Waals surface area contributed by atoms with E-state index in [4.69, 9.17) is 4.74 Å². The van der Waals surface area contributed by atoms with Crippen molar-refractivity contribution in [3.63, 3.8) is 0 Å². The molecule has 30 heavy (non-hydrogen) atoms. The van der Waals surface area contributed by atoms with Crippen LogP contribution in [0.2, 0.25) is 0 Å². The monoisotopic (exact) mass is 420 g/mol. The highest BCUT2D eigenvalue weighted by Gasteiger charge is 2.65. The van der Waals surface area contributed by atoms with E-state index in [1.807, 2.05) is 12.2 Å². The molecular weight excluding hydrogens is 397 g/mol. The first-order valence-corrected chi connectivity index (χ1v) is 9.86. The number of imide groups is 1. The molecule has 1 heterocycles. The normalized spacial score (nSPS) is 32.8. The Morgan fingerprint density at radius 1 is 1.17 bits per heavy atom. The third-order valence-electron chi connectivity index (χ3n) is 6.35. The first-order chi connectivity index (χ1) is 14.1. The number of halogens is 3. The molecule has 2 fully saturated rings. The third-order valence-corrected chi connectivity index (χ3v) is 6.35. The van der Waals surface area contributed by atoms with Gasteiger partial charge in [-0.05, 0) is 42.4 Å². The fourth-order valence-corrected chi connectivity index (χ4v) is 5.05. The molecule has 1 spiro atoms. The van der Waals surface area contributed by atoms with E-state index in [0.29, 0.717) is 18.4 Å². The molecule has 5 nitrogen and oxygen atoms in total. The van der Waals surface area contributed by atoms with Gasteiger partial charge in [-0.3, -0.25) is 10.1 Å². The van der Waals surface area contributed by atoms with E-state index in [2.05, 4.69) is 29.7 Å². The standard InChI is InChI=1S/C22H23F3N2O3/c1-14-5-2-3-8-17(14)20(11-21(12-20)18(28)26-19(29)27-21)13-30-10-15-6-4-7-16(9-15)22(23,24)25/h2-9,14,17H,10-13H2,1H3,(H2,26,27,28,29). The molecule has 1 saturated carbocycles. The van der Waals surface area contributed by atoms with Crippen molar-refractivity contribution in [2.75, 3.05) is 6.61 Å². The van der Waals surface area contributed by atoms with E-state index in [1.165, 1.54) is 6.07 Å². The van der Waals surface area contributed by atoms with Crippen LogP contribution >= 0.6 is 0 Å². The van der Waals surface area contributed by atoms with Gasteiger partial charge >= 0.3 is 12.2 Å². The Morgan fingerprint density at radius 2 is 1.90 bits per heavy atom. The number of carbonyl (C=O) groups excluding carboxylic acids is 2. The maximum absolute atomic E-state index is 12.9. The third kappa shape index (κ3) is 3.64. The van der Waals surface area contributed by atoms with Gasteiger partial charge in [-0.25, -0.2) is 4.79 Å². The van der Waals surface area contributed by atoms with Crippen LogP contribution in [0.1, 0.15) is 30.9 Å². The lowest BCUT2D eigenvalue weighted by Gasteiger charge is -2.57. The molecule has 3 aliphatic rings. The lowest BCUT2D eigenvalue weighted by molar-refractivity contribution is -0.144. The SMILES string of the molecule is CC1C=CC=CC1C1(COCc2cccc(C(F)(F)F)c2)CC2(C1)NC(=O)NC2=O. The number of alkyl halides is 3. The number of hydrogen-bond acceptors (Lipinski definition) is 3. The smallest absolute Gasteiger partial charge is 0.376 e. The number of urea groups is 1. The minimum Gasteiger partial charge on any atom is -0.376 e. The van der Waals surface area contributed by atoms with E-state index in [1.54, 1.807) is 6.07 Å². The van der Waals surface area contributed by atoms with Gasteiger partial charge in [0.2, 0.25) is 0 Å². The zero-order valence-corrected chi connectivity index (χ0v) is 16.5. The van der Waals surface area contributed by atoms with Crippen molar-refractivity contribution in [3.05, 3.63) is 59.7 Å². The Kier molecular flexibility index (Phi) is 5.00. The van der Waals surface area contributed by atoms with Gasteiger partial charge in [0.15, 0.2) is 0 Å². The number of rotatable bonds is 5. The van der Waals surface area contributed by atoms with Crippen molar-refractivity contribution in [2.24, 2.45) is 17.3 Å². The van der Waals surface area contributed by atoms with Crippen molar-refractivity contribution >= 4 is 11.9 Å². The molecule has 2 atom stereocenters. The van der Waals surface area contributed by atoms with E-state index < -0.39 is 28.7 Å². The fourth-order valence-electron chi connectivity index (χ4n) is 5.05. The van der Waals surface area contributed by atoms with E-state index in [9.17, 15) is 22.8 Å². The second-order valence-corrected chi connectivity index (χ2v) is 8.55. The maximum atomic E-state index is 12.9. The molecule has 3 amide bonds. The highest BCUT2D eigenvalue weighted by molar-refractivity contribution is 6.07. The summed E-state index contributed by atoms with van der Waals surface area (Å²) in [6, 6.07) is 4.59. The zero-order chi connectivity index (χ0) is 21.6. The lowest BCUT2D eigenvalue weighted by atomic mass is 9.50. The van der Waals surface area contributed by atoms with Gasteiger partial charge in [0.1, 0.15) is 5.54 Å². The molecule has 0 bridgehead atoms. The second-order valence-electron chi connectivity index (χ2n) is 8.55. The van der Waals surface area contributed by atoms with Crippen molar-refractivity contribution in [1.29, 1.82) is 0 Å². The first-order valence-electron chi connectivity index (χ1n) is 9.86. The Morgan fingerprint density at radius 3 is 2.53 bits per heavy atom. The first kappa shape index (κ1) is 20.7. The number of allylic oxidation sites excluding steroid dienone is 4. The summed E-state index contributed by atoms with van der Waals surface area (Å²) in [7, 11) is 0. The highest BCUT2D eigenvalue weighted by atomic mass is 19.4. The van der Waals surface area contributed by atoms with Crippen LogP contribution in [-0.4, -0.2) is 24.1 Å². The number of amides is 3. The number of ether oxygens (including phenoxy) is 1. The molecule has 1 aromatic carbocycles. The van der Waals surface area contributed by atoms with Gasteiger partial charge < -0.3 is 10.1 Å². The van der Waals surface area contributed by atoms with Crippen LogP contribution in [0.15, 0.2) is 48.6 Å². The molecule has 2 N–H and O–H groups in total. The topological polar surface area (TPSA) is 67.4 Å². The number of hydrogen-bond donors (Lipinski definition) is 2. The number of nitrogens with one attached hydrogen (secondary N) is 2. The molecular formula is C22H23F3N2O3. The minimum absolute atomic E-state index is 0.0396. The lowest BCUT2D eigenvalue weighted by Crippen LogP contribution is -2.66. The fraction of sp³-hybridized carbons (Fsp3) is 0.455. The summed E-state index contributed by atoms with van der Waals surface area (Å²) in [6.45, 7) is 2.40. The summed E-state index contributed by atoms with van der Waals surface area (Å²) in [5, 5.41) is 5.03. The summed E-state index contributed by atoms with van der Waals surface area (Å²) >= 11 is 0. The summed E-state index contributed by atoms with van der Waals surface area (Å²) in [5.41, 5.74) is -1.59. The molecule has 160 valence electrons. The van der Waals surface area contributed by atoms with Gasteiger partial charge in [0.25, 0.3) is 5.91 Å². The molecule has 1 aromatic rings. The molecule has 8 heteroatoms. The molecule has 1 aliphatic heterocycles. The molecule has 0 radical (unpaired) electrons. The molecule has 2 aliphatic carbocycles. The van der Waals surface area contributed by atoms with Crippen LogP contribution in [0.25, 0.3) is 0 Å². The molecule has 1 saturated heterocycles. The van der Waals surface area contributed by atoms with Gasteiger partial charge in [0, 0.05) is 5.41 Å². The van der Waals surface area contributed by atoms with Gasteiger partial charge in [-0.1, -0.05) is 43.4 Å². The molecule has 2 unspecified atom stereocenters. The quantitative estimate of drug-likeness (QED) is 0.709. The van der Waals surface area contributed by atoms with Crippen LogP contribution in [-0.2, 0) is 22.3 Å². The van der Waals surface area contributed by atoms with Crippen molar-refractivity contribution < 1.29 is 27.5 Å². The summed E-state index contributed by atoms with van der Waals surface area (Å²) in [5.74, 6) is -0.0198. The van der Waals surface area contributed by atoms with Gasteiger partial charge in [0.05, 0.1) is 18.8 Å². The average Bonchev–Trinajstić information content (AvgIpc) is 2.94. The minimum atomic E-state index is -4.40. The average molecular weight is 420 g/mol. The van der Waals surface area contributed by atoms with Crippen LogP contribution in [0.5, 0.6) is 0 Å². The van der Waals surface area contributed by atoms with Crippen LogP contribution in [0, 0.1) is 17.3 Å². The van der Waals surface area contributed by atoms with E-state index in [0.717, 1.165) is 12.1 Å². The van der Waals surface area contributed by atoms with Gasteiger partial charge in [-0.15, -0.1) is 0 Å². The Bertz CT molecular complexity index is 916. The zero-order valence-electron chi connectivity index (χ0n) is 16.5. The molecule has 0 aromatic heterocycles. The summed E-state index contributed by atoms with van der Waals surface area (Å²) in [4.78, 5) is 23.9. The summed E-state index contributed by atoms with van der Waals surface area (Å²) in [6.07, 6.45) is 4.53. The maximum Gasteiger partial charge on any atom is 0.416 e. The number of benzene rings is 1. The van der Waals surface area contributed by atoms with Crippen molar-refractivity contribution in [2.45, 2.75) is 38.1 Å². The highest BCUT2D eigenvalue weighted by Crippen LogP contribution is 2.57. The van der Waals surface area contributed by atoms with Crippen LogP contribution in [0.4, 0.5) is 18.0 Å². The van der Waals surface area contributed by atoms with Crippen LogP contribution in [0.3, 0.4) is 0 Å². The predicted molar refractivity (Wildman–Crippen MR) is 103 cm³/mol. The van der Waals surface area contributed by atoms with E-state index in [-0.39, 0.29) is 31.0 Å². The second kappa shape index (κ2) is 7.27. The Balaban J connectivity index is 1.48. The number of carbonyl (C=O) groups is 2. The molecule has 4 rings (SSSR count). The Labute approximate surface area is 172 Å².